The molecule has 1 aliphatic rings. The highest BCUT2D eigenvalue weighted by molar-refractivity contribution is 7.05. The second-order valence-electron chi connectivity index (χ2n) is 2.94. The summed E-state index contributed by atoms with van der Waals surface area (Å²) >= 11 is 1.50. The number of aryl methyl sites for hydroxylation is 1. The molecule has 0 aromatic carbocycles. The molecule has 1 aromatic heterocycles. The maximum Gasteiger partial charge on any atom is 0.0769 e. The van der Waals surface area contributed by atoms with Crippen LogP contribution >= 0.6 is 11.5 Å². The summed E-state index contributed by atoms with van der Waals surface area (Å²) < 4.78 is 3.87. The predicted molar refractivity (Wildman–Crippen MR) is 44.5 cm³/mol. The van der Waals surface area contributed by atoms with E-state index in [1.807, 2.05) is 6.92 Å². The van der Waals surface area contributed by atoms with Gasteiger partial charge in [-0.1, -0.05) is 4.49 Å². The third-order valence-electron chi connectivity index (χ3n) is 1.87. The van der Waals surface area contributed by atoms with Gasteiger partial charge in [0.15, 0.2) is 0 Å². The van der Waals surface area contributed by atoms with Gasteiger partial charge >= 0.3 is 0 Å². The molecule has 0 bridgehead atoms. The molecule has 1 fully saturated rings. The van der Waals surface area contributed by atoms with Crippen LogP contribution in [0.5, 0.6) is 0 Å². The molecule has 0 unspecified atom stereocenters. The lowest BCUT2D eigenvalue weighted by molar-refractivity contribution is 0.691. The van der Waals surface area contributed by atoms with E-state index < -0.39 is 0 Å². The number of hydrogen-bond acceptors (Lipinski definition) is 4. The average Bonchev–Trinajstić information content (AvgIpc) is 2.73. The zero-order chi connectivity index (χ0) is 7.68. The Balaban J connectivity index is 1.89. The van der Waals surface area contributed by atoms with E-state index in [2.05, 4.69) is 14.9 Å². The molecule has 1 aliphatic carbocycles. The molecule has 0 radical (unpaired) electrons. The topological polar surface area (TPSA) is 37.8 Å². The maximum atomic E-state index is 3.94. The van der Waals surface area contributed by atoms with Crippen molar-refractivity contribution in [3.05, 3.63) is 10.6 Å². The zero-order valence-corrected chi connectivity index (χ0v) is 7.32. The van der Waals surface area contributed by atoms with Gasteiger partial charge in [-0.05, 0) is 31.3 Å². The van der Waals surface area contributed by atoms with Crippen molar-refractivity contribution in [1.29, 1.82) is 0 Å². The molecule has 3 nitrogen and oxygen atoms in total. The van der Waals surface area contributed by atoms with Crippen molar-refractivity contribution in [2.75, 3.05) is 0 Å². The Bertz CT molecular complexity index is 242. The van der Waals surface area contributed by atoms with Gasteiger partial charge in [-0.15, -0.1) is 5.10 Å². The minimum Gasteiger partial charge on any atom is -0.309 e. The fourth-order valence-corrected chi connectivity index (χ4v) is 1.52. The van der Waals surface area contributed by atoms with Crippen LogP contribution in [0.25, 0.3) is 0 Å². The number of nitrogens with zero attached hydrogens (tertiary/aromatic N) is 2. The molecule has 11 heavy (non-hydrogen) atoms. The normalized spacial score (nSPS) is 17.2. The van der Waals surface area contributed by atoms with E-state index in [0.29, 0.717) is 0 Å². The van der Waals surface area contributed by atoms with Crippen molar-refractivity contribution in [2.45, 2.75) is 32.4 Å². The molecular formula is C7H11N3S. The minimum absolute atomic E-state index is 0.775. The molecule has 1 saturated carbocycles. The molecule has 0 atom stereocenters. The molecule has 0 aliphatic heterocycles. The van der Waals surface area contributed by atoms with Crippen molar-refractivity contribution < 1.29 is 0 Å². The molecule has 0 saturated heterocycles. The largest absolute Gasteiger partial charge is 0.309 e. The molecule has 4 heteroatoms. The second-order valence-corrected chi connectivity index (χ2v) is 3.78. The van der Waals surface area contributed by atoms with Gasteiger partial charge in [-0.3, -0.25) is 0 Å². The summed E-state index contributed by atoms with van der Waals surface area (Å²) in [5.74, 6) is 0. The van der Waals surface area contributed by atoms with Crippen LogP contribution in [0.4, 0.5) is 0 Å². The smallest absolute Gasteiger partial charge is 0.0769 e. The SMILES string of the molecule is Cc1nnsc1CNC1CC1. The summed E-state index contributed by atoms with van der Waals surface area (Å²) in [5, 5.41) is 7.37. The fraction of sp³-hybridized carbons (Fsp3) is 0.714. The molecule has 1 aromatic rings. The first kappa shape index (κ1) is 7.18. The molecule has 0 amide bonds. The van der Waals surface area contributed by atoms with Crippen LogP contribution in [0.3, 0.4) is 0 Å². The molecule has 2 rings (SSSR count). The molecule has 1 N–H and O–H groups in total. The highest BCUT2D eigenvalue weighted by Gasteiger charge is 2.20. The maximum absolute atomic E-state index is 3.94. The van der Waals surface area contributed by atoms with Gasteiger partial charge in [-0.25, -0.2) is 0 Å². The molecular weight excluding hydrogens is 158 g/mol. The lowest BCUT2D eigenvalue weighted by Crippen LogP contribution is -2.14. The lowest BCUT2D eigenvalue weighted by Gasteiger charge is -1.97. The van der Waals surface area contributed by atoms with Crippen molar-refractivity contribution in [3.8, 4) is 0 Å². The first-order chi connectivity index (χ1) is 5.36. The fourth-order valence-electron chi connectivity index (χ4n) is 0.937. The van der Waals surface area contributed by atoms with Crippen LogP contribution in [-0.4, -0.2) is 15.6 Å². The summed E-state index contributed by atoms with van der Waals surface area (Å²) in [4.78, 5) is 1.27. The van der Waals surface area contributed by atoms with E-state index in [0.717, 1.165) is 18.3 Å². The van der Waals surface area contributed by atoms with Gasteiger partial charge in [0, 0.05) is 12.6 Å². The molecule has 1 heterocycles. The van der Waals surface area contributed by atoms with Gasteiger partial charge in [0.2, 0.25) is 0 Å². The predicted octanol–water partition coefficient (Wildman–Crippen LogP) is 1.10. The van der Waals surface area contributed by atoms with E-state index in [4.69, 9.17) is 0 Å². The van der Waals surface area contributed by atoms with E-state index in [1.54, 1.807) is 0 Å². The third kappa shape index (κ3) is 1.75. The number of aromatic nitrogens is 2. The van der Waals surface area contributed by atoms with Crippen LogP contribution < -0.4 is 5.32 Å². The van der Waals surface area contributed by atoms with Crippen molar-refractivity contribution in [2.24, 2.45) is 0 Å². The zero-order valence-electron chi connectivity index (χ0n) is 6.50. The van der Waals surface area contributed by atoms with Crippen LogP contribution in [0, 0.1) is 6.92 Å². The third-order valence-corrected chi connectivity index (χ3v) is 2.70. The van der Waals surface area contributed by atoms with Crippen molar-refractivity contribution >= 4 is 11.5 Å². The molecule has 0 spiro atoms. The lowest BCUT2D eigenvalue weighted by atomic mass is 10.4. The number of hydrogen-bond donors (Lipinski definition) is 1. The Kier molecular flexibility index (Phi) is 1.87. The van der Waals surface area contributed by atoms with Gasteiger partial charge in [-0.2, -0.15) is 0 Å². The van der Waals surface area contributed by atoms with E-state index in [9.17, 15) is 0 Å². The monoisotopic (exact) mass is 169 g/mol. The van der Waals surface area contributed by atoms with Crippen LogP contribution in [0.15, 0.2) is 0 Å². The first-order valence-corrected chi connectivity index (χ1v) is 4.65. The first-order valence-electron chi connectivity index (χ1n) is 3.87. The van der Waals surface area contributed by atoms with E-state index in [-0.39, 0.29) is 0 Å². The van der Waals surface area contributed by atoms with E-state index >= 15 is 0 Å². The van der Waals surface area contributed by atoms with Crippen molar-refractivity contribution in [3.63, 3.8) is 0 Å². The highest BCUT2D eigenvalue weighted by atomic mass is 32.1. The molecule has 60 valence electrons. The number of nitrogens with one attached hydrogen (secondary N) is 1. The average molecular weight is 169 g/mol. The Hall–Kier alpha value is -0.480. The van der Waals surface area contributed by atoms with Crippen LogP contribution in [0.2, 0.25) is 0 Å². The number of rotatable bonds is 3. The quantitative estimate of drug-likeness (QED) is 0.736. The van der Waals surface area contributed by atoms with Crippen molar-refractivity contribution in [1.82, 2.24) is 14.9 Å². The summed E-state index contributed by atoms with van der Waals surface area (Å²) in [6.45, 7) is 2.96. The standard InChI is InChI=1S/C7H11N3S/c1-5-7(11-10-9-5)4-8-6-2-3-6/h6,8H,2-4H2,1H3. The Morgan fingerprint density at radius 3 is 3.00 bits per heavy atom. The van der Waals surface area contributed by atoms with Gasteiger partial charge in [0.05, 0.1) is 10.6 Å². The highest BCUT2D eigenvalue weighted by Crippen LogP contribution is 2.20. The minimum atomic E-state index is 0.775. The summed E-state index contributed by atoms with van der Waals surface area (Å²) in [6, 6.07) is 0.775. The van der Waals surface area contributed by atoms with Crippen LogP contribution in [-0.2, 0) is 6.54 Å². The van der Waals surface area contributed by atoms with Gasteiger partial charge in [0.25, 0.3) is 0 Å². The van der Waals surface area contributed by atoms with Gasteiger partial charge < -0.3 is 5.32 Å². The van der Waals surface area contributed by atoms with Gasteiger partial charge in [0.1, 0.15) is 0 Å². The second kappa shape index (κ2) is 2.87. The summed E-state index contributed by atoms with van der Waals surface area (Å²) in [5.41, 5.74) is 1.07. The Morgan fingerprint density at radius 1 is 1.64 bits per heavy atom. The van der Waals surface area contributed by atoms with E-state index in [1.165, 1.54) is 29.3 Å². The Morgan fingerprint density at radius 2 is 2.45 bits per heavy atom. The summed E-state index contributed by atoms with van der Waals surface area (Å²) in [7, 11) is 0. The Labute approximate surface area is 70.0 Å². The van der Waals surface area contributed by atoms with Crippen LogP contribution in [0.1, 0.15) is 23.4 Å². The summed E-state index contributed by atoms with van der Waals surface area (Å²) in [6.07, 6.45) is 2.68.